The molecular formula is C11H14N4. The van der Waals surface area contributed by atoms with Crippen molar-refractivity contribution in [2.75, 3.05) is 0 Å². The van der Waals surface area contributed by atoms with Crippen LogP contribution in [-0.2, 0) is 0 Å². The Kier molecular flexibility index (Phi) is 3.62. The van der Waals surface area contributed by atoms with Gasteiger partial charge in [0.15, 0.2) is 5.96 Å². The summed E-state index contributed by atoms with van der Waals surface area (Å²) in [5.74, 6) is -0.136. The molecule has 0 aliphatic heterocycles. The quantitative estimate of drug-likeness (QED) is 0.440. The number of hydrogen-bond donors (Lipinski definition) is 4. The fraction of sp³-hybridized carbons (Fsp3) is 0.0909. The molecule has 0 radical (unpaired) electrons. The Morgan fingerprint density at radius 3 is 2.73 bits per heavy atom. The number of hydrogen-bond acceptors (Lipinski definition) is 2. The van der Waals surface area contributed by atoms with Gasteiger partial charge in [0, 0.05) is 6.20 Å². The SMILES string of the molecule is Cc1cccc(C(=N)/C=C\NC(=N)N)c1. The van der Waals surface area contributed by atoms with Crippen molar-refractivity contribution in [2.24, 2.45) is 5.73 Å². The van der Waals surface area contributed by atoms with Crippen molar-refractivity contribution in [1.29, 1.82) is 10.8 Å². The first-order valence-corrected chi connectivity index (χ1v) is 4.52. The molecule has 0 amide bonds. The number of nitrogens with one attached hydrogen (secondary N) is 3. The van der Waals surface area contributed by atoms with Crippen molar-refractivity contribution >= 4 is 11.7 Å². The van der Waals surface area contributed by atoms with Crippen molar-refractivity contribution in [3.63, 3.8) is 0 Å². The van der Waals surface area contributed by atoms with E-state index in [9.17, 15) is 0 Å². The maximum absolute atomic E-state index is 7.73. The van der Waals surface area contributed by atoms with Gasteiger partial charge in [0.1, 0.15) is 0 Å². The van der Waals surface area contributed by atoms with E-state index in [1.807, 2.05) is 31.2 Å². The normalized spacial score (nSPS) is 10.2. The van der Waals surface area contributed by atoms with Crippen LogP contribution in [0.2, 0.25) is 0 Å². The van der Waals surface area contributed by atoms with Crippen molar-refractivity contribution in [3.8, 4) is 0 Å². The molecule has 0 aliphatic carbocycles. The van der Waals surface area contributed by atoms with Gasteiger partial charge in [-0.05, 0) is 24.6 Å². The predicted molar refractivity (Wildman–Crippen MR) is 62.2 cm³/mol. The molecule has 0 saturated carbocycles. The van der Waals surface area contributed by atoms with E-state index in [2.05, 4.69) is 5.32 Å². The predicted octanol–water partition coefficient (Wildman–Crippen LogP) is 1.36. The minimum Gasteiger partial charge on any atom is -0.370 e. The van der Waals surface area contributed by atoms with Crippen LogP contribution in [0.1, 0.15) is 11.1 Å². The average molecular weight is 202 g/mol. The van der Waals surface area contributed by atoms with Gasteiger partial charge in [0.25, 0.3) is 0 Å². The van der Waals surface area contributed by atoms with Gasteiger partial charge >= 0.3 is 0 Å². The summed E-state index contributed by atoms with van der Waals surface area (Å²) < 4.78 is 0. The molecule has 78 valence electrons. The third kappa shape index (κ3) is 3.64. The summed E-state index contributed by atoms with van der Waals surface area (Å²) in [7, 11) is 0. The van der Waals surface area contributed by atoms with E-state index in [0.29, 0.717) is 5.71 Å². The van der Waals surface area contributed by atoms with E-state index in [0.717, 1.165) is 11.1 Å². The zero-order chi connectivity index (χ0) is 11.3. The molecular weight excluding hydrogens is 188 g/mol. The van der Waals surface area contributed by atoms with Crippen LogP contribution in [0, 0.1) is 17.7 Å². The number of rotatable bonds is 3. The minimum atomic E-state index is -0.136. The molecule has 0 unspecified atom stereocenters. The molecule has 4 heteroatoms. The van der Waals surface area contributed by atoms with E-state index in [4.69, 9.17) is 16.6 Å². The van der Waals surface area contributed by atoms with Crippen LogP contribution in [0.15, 0.2) is 36.5 Å². The molecule has 5 N–H and O–H groups in total. The molecule has 0 aromatic heterocycles. The zero-order valence-corrected chi connectivity index (χ0v) is 8.54. The fourth-order valence-corrected chi connectivity index (χ4v) is 1.12. The Morgan fingerprint density at radius 2 is 2.13 bits per heavy atom. The van der Waals surface area contributed by atoms with E-state index < -0.39 is 0 Å². The van der Waals surface area contributed by atoms with Gasteiger partial charge in [-0.1, -0.05) is 23.8 Å². The molecule has 1 rings (SSSR count). The lowest BCUT2D eigenvalue weighted by Gasteiger charge is -2.00. The van der Waals surface area contributed by atoms with Gasteiger partial charge in [-0.3, -0.25) is 5.41 Å². The minimum absolute atomic E-state index is 0.136. The first-order chi connectivity index (χ1) is 7.09. The summed E-state index contributed by atoms with van der Waals surface area (Å²) in [6.45, 7) is 1.98. The Hall–Kier alpha value is -2.10. The second-order valence-corrected chi connectivity index (χ2v) is 3.17. The third-order valence-corrected chi connectivity index (χ3v) is 1.82. The maximum atomic E-state index is 7.73. The van der Waals surface area contributed by atoms with Crippen LogP contribution >= 0.6 is 0 Å². The van der Waals surface area contributed by atoms with Gasteiger partial charge < -0.3 is 16.5 Å². The molecule has 0 saturated heterocycles. The number of aryl methyl sites for hydroxylation is 1. The van der Waals surface area contributed by atoms with Crippen molar-refractivity contribution in [2.45, 2.75) is 6.92 Å². The van der Waals surface area contributed by atoms with E-state index in [1.54, 1.807) is 6.08 Å². The monoisotopic (exact) mass is 202 g/mol. The van der Waals surface area contributed by atoms with Crippen LogP contribution in [-0.4, -0.2) is 11.7 Å². The summed E-state index contributed by atoms with van der Waals surface area (Å²) in [6.07, 6.45) is 3.04. The van der Waals surface area contributed by atoms with Crippen molar-refractivity contribution < 1.29 is 0 Å². The van der Waals surface area contributed by atoms with Crippen molar-refractivity contribution in [3.05, 3.63) is 47.7 Å². The van der Waals surface area contributed by atoms with Gasteiger partial charge in [-0.25, -0.2) is 0 Å². The van der Waals surface area contributed by atoms with E-state index in [-0.39, 0.29) is 5.96 Å². The number of benzene rings is 1. The molecule has 0 fully saturated rings. The van der Waals surface area contributed by atoms with Crippen LogP contribution < -0.4 is 11.1 Å². The molecule has 15 heavy (non-hydrogen) atoms. The smallest absolute Gasteiger partial charge is 0.189 e. The Labute approximate surface area is 88.8 Å². The van der Waals surface area contributed by atoms with Gasteiger partial charge in [-0.15, -0.1) is 0 Å². The Bertz CT molecular complexity index is 407. The summed E-state index contributed by atoms with van der Waals surface area (Å²) in [6, 6.07) is 7.69. The summed E-state index contributed by atoms with van der Waals surface area (Å²) in [4.78, 5) is 0. The lowest BCUT2D eigenvalue weighted by atomic mass is 10.1. The van der Waals surface area contributed by atoms with Crippen LogP contribution in [0.5, 0.6) is 0 Å². The number of nitrogens with two attached hydrogens (primary N) is 1. The van der Waals surface area contributed by atoms with E-state index in [1.165, 1.54) is 6.20 Å². The second kappa shape index (κ2) is 4.95. The van der Waals surface area contributed by atoms with Gasteiger partial charge in [-0.2, -0.15) is 0 Å². The fourth-order valence-electron chi connectivity index (χ4n) is 1.12. The van der Waals surface area contributed by atoms with Crippen LogP contribution in [0.3, 0.4) is 0 Å². The standard InChI is InChI=1S/C11H14N4/c1-8-3-2-4-9(7-8)10(12)5-6-15-11(13)14/h2-7,12H,1H3,(H4,13,14,15)/b6-5-,12-10?. The molecule has 1 aromatic carbocycles. The lowest BCUT2D eigenvalue weighted by molar-refractivity contribution is 1.19. The Morgan fingerprint density at radius 1 is 1.40 bits per heavy atom. The summed E-state index contributed by atoms with van der Waals surface area (Å²) in [5.41, 5.74) is 7.43. The topological polar surface area (TPSA) is 85.8 Å². The molecule has 0 heterocycles. The number of guanidine groups is 1. The molecule has 4 nitrogen and oxygen atoms in total. The van der Waals surface area contributed by atoms with Crippen LogP contribution in [0.4, 0.5) is 0 Å². The molecule has 0 atom stereocenters. The zero-order valence-electron chi connectivity index (χ0n) is 8.54. The largest absolute Gasteiger partial charge is 0.370 e. The summed E-state index contributed by atoms with van der Waals surface area (Å²) in [5, 5.41) is 17.2. The summed E-state index contributed by atoms with van der Waals surface area (Å²) >= 11 is 0. The molecule has 0 spiro atoms. The Balaban J connectivity index is 2.69. The molecule has 0 aliphatic rings. The van der Waals surface area contributed by atoms with E-state index >= 15 is 0 Å². The third-order valence-electron chi connectivity index (χ3n) is 1.82. The highest BCUT2D eigenvalue weighted by Gasteiger charge is 1.96. The first-order valence-electron chi connectivity index (χ1n) is 4.52. The highest BCUT2D eigenvalue weighted by atomic mass is 15.0. The molecule has 0 bridgehead atoms. The molecule has 1 aromatic rings. The average Bonchev–Trinajstić information content (AvgIpc) is 2.17. The first kappa shape index (κ1) is 11.0. The highest BCUT2D eigenvalue weighted by molar-refractivity contribution is 6.06. The number of allylic oxidation sites excluding steroid dienone is 1. The maximum Gasteiger partial charge on any atom is 0.189 e. The van der Waals surface area contributed by atoms with Crippen molar-refractivity contribution in [1.82, 2.24) is 5.32 Å². The van der Waals surface area contributed by atoms with Crippen LogP contribution in [0.25, 0.3) is 0 Å². The highest BCUT2D eigenvalue weighted by Crippen LogP contribution is 2.04. The van der Waals surface area contributed by atoms with Gasteiger partial charge in [0.05, 0.1) is 5.71 Å². The lowest BCUT2D eigenvalue weighted by Crippen LogP contribution is -2.25. The second-order valence-electron chi connectivity index (χ2n) is 3.17. The van der Waals surface area contributed by atoms with Gasteiger partial charge in [0.2, 0.25) is 0 Å².